The minimum atomic E-state index is 0.746. The van der Waals surface area contributed by atoms with Gasteiger partial charge in [-0.2, -0.15) is 0 Å². The molecule has 3 nitrogen and oxygen atoms in total. The van der Waals surface area contributed by atoms with Crippen molar-refractivity contribution in [1.82, 2.24) is 4.98 Å². The Morgan fingerprint density at radius 1 is 1.05 bits per heavy atom. The third-order valence-electron chi connectivity index (χ3n) is 2.67. The van der Waals surface area contributed by atoms with Crippen molar-refractivity contribution in [3.8, 4) is 11.5 Å². The van der Waals surface area contributed by atoms with E-state index >= 15 is 0 Å². The zero-order chi connectivity index (χ0) is 13.8. The second-order valence-corrected chi connectivity index (χ2v) is 5.15. The molecular weight excluding hydrogens is 270 g/mol. The van der Waals surface area contributed by atoms with Gasteiger partial charge in [-0.15, -0.1) is 11.3 Å². The van der Waals surface area contributed by atoms with Crippen molar-refractivity contribution in [3.05, 3.63) is 59.6 Å². The Hall–Kier alpha value is -2.46. The lowest BCUT2D eigenvalue weighted by molar-refractivity contribution is -0.104. The van der Waals surface area contributed by atoms with Crippen molar-refractivity contribution < 1.29 is 9.53 Å². The van der Waals surface area contributed by atoms with E-state index < -0.39 is 0 Å². The van der Waals surface area contributed by atoms with Crippen LogP contribution in [0.1, 0.15) is 5.01 Å². The molecule has 0 aliphatic carbocycles. The molecule has 1 heterocycles. The monoisotopic (exact) mass is 281 g/mol. The molecule has 0 saturated carbocycles. The van der Waals surface area contributed by atoms with Crippen LogP contribution < -0.4 is 4.74 Å². The van der Waals surface area contributed by atoms with Gasteiger partial charge in [-0.1, -0.05) is 18.2 Å². The number of thiazole rings is 1. The van der Waals surface area contributed by atoms with Crippen LogP contribution in [-0.4, -0.2) is 11.3 Å². The number of rotatable bonds is 4. The van der Waals surface area contributed by atoms with Crippen molar-refractivity contribution in [2.45, 2.75) is 0 Å². The van der Waals surface area contributed by atoms with Crippen LogP contribution in [0.5, 0.6) is 11.5 Å². The largest absolute Gasteiger partial charge is 0.457 e. The molecule has 0 unspecified atom stereocenters. The van der Waals surface area contributed by atoms with E-state index in [2.05, 4.69) is 4.98 Å². The first kappa shape index (κ1) is 12.6. The number of carbonyl (C=O) groups is 1. The second kappa shape index (κ2) is 5.67. The Balaban J connectivity index is 1.90. The molecule has 2 aromatic carbocycles. The minimum absolute atomic E-state index is 0.746. The standard InChI is InChI=1S/C16H11NO2S/c18-10-4-7-16-17-14-9-8-13(11-15(14)20-16)19-12-5-2-1-3-6-12/h1-11H/b7-4+. The fraction of sp³-hybridized carbons (Fsp3) is 0. The Kier molecular flexibility index (Phi) is 3.56. The number of aldehydes is 1. The van der Waals surface area contributed by atoms with Crippen molar-refractivity contribution in [2.75, 3.05) is 0 Å². The van der Waals surface area contributed by atoms with E-state index in [9.17, 15) is 4.79 Å². The molecule has 1 aromatic heterocycles. The summed E-state index contributed by atoms with van der Waals surface area (Å²) in [4.78, 5) is 14.7. The number of carbonyl (C=O) groups excluding carboxylic acids is 1. The summed E-state index contributed by atoms with van der Waals surface area (Å²) in [6, 6.07) is 15.4. The average Bonchev–Trinajstić information content (AvgIpc) is 2.88. The third kappa shape index (κ3) is 2.75. The van der Waals surface area contributed by atoms with Gasteiger partial charge in [0.2, 0.25) is 0 Å². The van der Waals surface area contributed by atoms with E-state index in [1.54, 1.807) is 6.08 Å². The summed E-state index contributed by atoms with van der Waals surface area (Å²) < 4.78 is 6.81. The highest BCUT2D eigenvalue weighted by molar-refractivity contribution is 7.19. The molecule has 3 rings (SSSR count). The van der Waals surface area contributed by atoms with E-state index in [1.807, 2.05) is 48.5 Å². The normalized spacial score (nSPS) is 11.0. The lowest BCUT2D eigenvalue weighted by Gasteiger charge is -2.04. The van der Waals surface area contributed by atoms with Crippen LogP contribution in [-0.2, 0) is 4.79 Å². The van der Waals surface area contributed by atoms with Gasteiger partial charge in [0.1, 0.15) is 22.8 Å². The van der Waals surface area contributed by atoms with Gasteiger partial charge in [0.15, 0.2) is 0 Å². The van der Waals surface area contributed by atoms with Crippen molar-refractivity contribution in [1.29, 1.82) is 0 Å². The number of hydrogen-bond acceptors (Lipinski definition) is 4. The van der Waals surface area contributed by atoms with Crippen molar-refractivity contribution in [3.63, 3.8) is 0 Å². The Labute approximate surface area is 120 Å². The summed E-state index contributed by atoms with van der Waals surface area (Å²) in [5, 5.41) is 0.809. The predicted octanol–water partition coefficient (Wildman–Crippen LogP) is 4.30. The zero-order valence-corrected chi connectivity index (χ0v) is 11.3. The van der Waals surface area contributed by atoms with Crippen LogP contribution in [0.4, 0.5) is 0 Å². The summed E-state index contributed by atoms with van der Waals surface area (Å²) in [5.41, 5.74) is 0.904. The molecule has 0 fully saturated rings. The lowest BCUT2D eigenvalue weighted by atomic mass is 10.3. The lowest BCUT2D eigenvalue weighted by Crippen LogP contribution is -1.82. The number of aromatic nitrogens is 1. The Bertz CT molecular complexity index is 763. The van der Waals surface area contributed by atoms with E-state index in [-0.39, 0.29) is 0 Å². The van der Waals surface area contributed by atoms with Gasteiger partial charge in [0, 0.05) is 6.07 Å². The highest BCUT2D eigenvalue weighted by Crippen LogP contribution is 2.29. The molecule has 0 bridgehead atoms. The Morgan fingerprint density at radius 2 is 1.90 bits per heavy atom. The first-order chi connectivity index (χ1) is 9.85. The maximum atomic E-state index is 10.3. The molecule has 0 saturated heterocycles. The number of ether oxygens (including phenoxy) is 1. The van der Waals surface area contributed by atoms with Crippen molar-refractivity contribution in [2.24, 2.45) is 0 Å². The smallest absolute Gasteiger partial charge is 0.142 e. The molecule has 4 heteroatoms. The van der Waals surface area contributed by atoms with Crippen LogP contribution >= 0.6 is 11.3 Å². The maximum absolute atomic E-state index is 10.3. The molecule has 0 N–H and O–H groups in total. The molecular formula is C16H11NO2S. The SMILES string of the molecule is O=C/C=C/c1nc2ccc(Oc3ccccc3)cc2s1. The van der Waals surface area contributed by atoms with Gasteiger partial charge in [-0.25, -0.2) is 4.98 Å². The Morgan fingerprint density at radius 3 is 2.70 bits per heavy atom. The predicted molar refractivity (Wildman–Crippen MR) is 81.2 cm³/mol. The first-order valence-electron chi connectivity index (χ1n) is 6.10. The number of para-hydroxylation sites is 1. The number of fused-ring (bicyclic) bond motifs is 1. The highest BCUT2D eigenvalue weighted by atomic mass is 32.1. The molecule has 3 aromatic rings. The van der Waals surface area contributed by atoms with Gasteiger partial charge < -0.3 is 4.74 Å². The molecule has 20 heavy (non-hydrogen) atoms. The summed E-state index contributed by atoms with van der Waals surface area (Å²) in [5.74, 6) is 1.58. The number of hydrogen-bond donors (Lipinski definition) is 0. The van der Waals surface area contributed by atoms with Gasteiger partial charge >= 0.3 is 0 Å². The summed E-state index contributed by atoms with van der Waals surface area (Å²) in [6.45, 7) is 0. The maximum Gasteiger partial charge on any atom is 0.142 e. The molecule has 0 radical (unpaired) electrons. The first-order valence-corrected chi connectivity index (χ1v) is 6.92. The number of benzene rings is 2. The van der Waals surface area contributed by atoms with E-state index in [0.717, 1.165) is 33.0 Å². The van der Waals surface area contributed by atoms with Crippen LogP contribution in [0.25, 0.3) is 16.3 Å². The summed E-state index contributed by atoms with van der Waals surface area (Å²) >= 11 is 1.53. The van der Waals surface area contributed by atoms with E-state index in [0.29, 0.717) is 0 Å². The summed E-state index contributed by atoms with van der Waals surface area (Å²) in [6.07, 6.45) is 3.89. The summed E-state index contributed by atoms with van der Waals surface area (Å²) in [7, 11) is 0. The van der Waals surface area contributed by atoms with Crippen LogP contribution in [0.2, 0.25) is 0 Å². The van der Waals surface area contributed by atoms with E-state index in [4.69, 9.17) is 4.74 Å². The van der Waals surface area contributed by atoms with Gasteiger partial charge in [-0.3, -0.25) is 4.79 Å². The number of nitrogens with zero attached hydrogens (tertiary/aromatic N) is 1. The zero-order valence-electron chi connectivity index (χ0n) is 10.5. The molecule has 0 aliphatic rings. The fourth-order valence-corrected chi connectivity index (χ4v) is 2.71. The van der Waals surface area contributed by atoms with Crippen LogP contribution in [0, 0.1) is 0 Å². The molecule has 0 amide bonds. The molecule has 0 spiro atoms. The second-order valence-electron chi connectivity index (χ2n) is 4.09. The van der Waals surface area contributed by atoms with Crippen LogP contribution in [0.3, 0.4) is 0 Å². The van der Waals surface area contributed by atoms with Gasteiger partial charge in [0.25, 0.3) is 0 Å². The van der Waals surface area contributed by atoms with Gasteiger partial charge in [-0.05, 0) is 36.4 Å². The van der Waals surface area contributed by atoms with Gasteiger partial charge in [0.05, 0.1) is 10.2 Å². The third-order valence-corrected chi connectivity index (χ3v) is 3.66. The average molecular weight is 281 g/mol. The van der Waals surface area contributed by atoms with Crippen molar-refractivity contribution >= 4 is 33.9 Å². The minimum Gasteiger partial charge on any atom is -0.457 e. The molecule has 0 aliphatic heterocycles. The molecule has 98 valence electrons. The van der Waals surface area contributed by atoms with Crippen LogP contribution in [0.15, 0.2) is 54.6 Å². The quantitative estimate of drug-likeness (QED) is 0.528. The highest BCUT2D eigenvalue weighted by Gasteiger charge is 2.04. The van der Waals surface area contributed by atoms with E-state index in [1.165, 1.54) is 17.4 Å². The number of allylic oxidation sites excluding steroid dienone is 1. The fourth-order valence-electron chi connectivity index (χ4n) is 1.80. The molecule has 0 atom stereocenters. The topological polar surface area (TPSA) is 39.2 Å².